The number of alkyl carbamates (subject to hydrolysis) is 1. The average Bonchev–Trinajstić information content (AvgIpc) is 3.84. The summed E-state index contributed by atoms with van der Waals surface area (Å²) in [6.07, 6.45) is -0.858. The Morgan fingerprint density at radius 2 is 1.95 bits per heavy atom. The van der Waals surface area contributed by atoms with Crippen molar-refractivity contribution in [3.05, 3.63) is 76.1 Å². The highest BCUT2D eigenvalue weighted by atomic mass is 35.5. The summed E-state index contributed by atoms with van der Waals surface area (Å²) in [6, 6.07) is 6.14. The molecule has 2 saturated heterocycles. The quantitative estimate of drug-likeness (QED) is 0.178. The van der Waals surface area contributed by atoms with Crippen LogP contribution < -0.4 is 20.7 Å². The maximum atomic E-state index is 14.2. The number of fused-ring (bicyclic) bond motifs is 5. The Balaban J connectivity index is 1.52. The number of aliphatic hydroxyl groups excluding tert-OH is 1. The molecule has 5 rings (SSSR count). The van der Waals surface area contributed by atoms with E-state index in [0.717, 1.165) is 17.2 Å². The number of carbonyl (C=O) groups is 3. The van der Waals surface area contributed by atoms with Crippen LogP contribution in [0.3, 0.4) is 0 Å². The highest BCUT2D eigenvalue weighted by Crippen LogP contribution is 2.49. The smallest absolute Gasteiger partial charge is 0.409 e. The molecule has 2 aromatic rings. The van der Waals surface area contributed by atoms with E-state index in [0.29, 0.717) is 17.9 Å². The van der Waals surface area contributed by atoms with Gasteiger partial charge in [-0.15, -0.1) is 0 Å². The average molecular weight is 789 g/mol. The number of rotatable bonds is 7. The summed E-state index contributed by atoms with van der Waals surface area (Å²) >= 11 is 6.76. The lowest BCUT2D eigenvalue weighted by atomic mass is 9.83. The maximum Gasteiger partial charge on any atom is 0.409 e. The van der Waals surface area contributed by atoms with Gasteiger partial charge in [-0.3, -0.25) is 14.9 Å². The van der Waals surface area contributed by atoms with Crippen molar-refractivity contribution in [1.82, 2.24) is 10.2 Å². The summed E-state index contributed by atoms with van der Waals surface area (Å²) in [5.74, 6) is -1.88. The molecule has 4 bridgehead atoms. The first-order chi connectivity index (χ1) is 25.8. The number of allylic oxidation sites excluding steroid dienone is 3. The number of epoxide rings is 1. The van der Waals surface area contributed by atoms with E-state index < -0.39 is 77.7 Å². The van der Waals surface area contributed by atoms with Crippen molar-refractivity contribution in [2.75, 3.05) is 38.9 Å². The van der Waals surface area contributed by atoms with Crippen molar-refractivity contribution in [3.63, 3.8) is 0 Å². The molecule has 3 aliphatic heterocycles. The van der Waals surface area contributed by atoms with Gasteiger partial charge < -0.3 is 49.4 Å². The van der Waals surface area contributed by atoms with Crippen LogP contribution in [-0.2, 0) is 30.2 Å². The van der Waals surface area contributed by atoms with Crippen LogP contribution in [0.5, 0.6) is 5.75 Å². The zero-order valence-corrected chi connectivity index (χ0v) is 32.9. The molecule has 14 nitrogen and oxygen atoms in total. The molecule has 0 aliphatic carbocycles. The van der Waals surface area contributed by atoms with Gasteiger partial charge in [-0.25, -0.2) is 9.18 Å². The number of anilines is 2. The van der Waals surface area contributed by atoms with E-state index >= 15 is 0 Å². The standard InChI is InChI=1S/C39H50ClFN4O10/c1-20-10-9-11-30(52-8)39(50)19-29(53-37(49)43-39)21(2)34-38(4,55-34)31(18-32(46)45(6)27-15-23(14-20)16-28(51-7)33(27)40)54-36(48)22(3)44(5)35(47)24-12-13-25(41)26(42)17-24/h9-13,15-17,21-22,29-31,34,36,48,50H,14,18-19,42H2,1-8H3,(H,43,49)/b11-9+,20-10+/t21-,22+,29+,30-,31+,34+,36?,38+,39+/m1/s1. The van der Waals surface area contributed by atoms with Crippen LogP contribution in [0.4, 0.5) is 20.6 Å². The predicted octanol–water partition coefficient (Wildman–Crippen LogP) is 4.34. The van der Waals surface area contributed by atoms with Gasteiger partial charge in [0.25, 0.3) is 5.91 Å². The fraction of sp³-hybridized carbons (Fsp3) is 0.513. The normalized spacial score (nSPS) is 31.2. The number of nitrogens with zero attached hydrogens (tertiary/aromatic N) is 2. The second-order valence-electron chi connectivity index (χ2n) is 14.7. The summed E-state index contributed by atoms with van der Waals surface area (Å²) < 4.78 is 43.2. The molecule has 9 atom stereocenters. The minimum atomic E-state index is -1.85. The fourth-order valence-corrected chi connectivity index (χ4v) is 7.48. The second kappa shape index (κ2) is 16.5. The zero-order valence-electron chi connectivity index (χ0n) is 32.2. The minimum Gasteiger partial charge on any atom is -0.495 e. The Hall–Kier alpha value is -4.25. The predicted molar refractivity (Wildman–Crippen MR) is 202 cm³/mol. The fourth-order valence-electron chi connectivity index (χ4n) is 7.17. The van der Waals surface area contributed by atoms with Crippen molar-refractivity contribution < 1.29 is 52.7 Å². The largest absolute Gasteiger partial charge is 0.495 e. The van der Waals surface area contributed by atoms with Gasteiger partial charge in [-0.2, -0.15) is 0 Å². The number of nitrogens with two attached hydrogens (primary N) is 1. The molecule has 0 aromatic heterocycles. The molecule has 3 aliphatic rings. The monoisotopic (exact) mass is 788 g/mol. The van der Waals surface area contributed by atoms with Crippen LogP contribution in [0.25, 0.3) is 0 Å². The van der Waals surface area contributed by atoms with E-state index in [1.807, 2.05) is 13.0 Å². The number of hydrogen-bond donors (Lipinski definition) is 4. The molecule has 0 radical (unpaired) electrons. The number of amides is 3. The minimum absolute atomic E-state index is 0.0703. The Labute approximate surface area is 324 Å². The van der Waals surface area contributed by atoms with Gasteiger partial charge in [0.05, 0.1) is 37.1 Å². The van der Waals surface area contributed by atoms with Crippen LogP contribution in [0.2, 0.25) is 5.02 Å². The summed E-state index contributed by atoms with van der Waals surface area (Å²) in [4.78, 5) is 43.0. The summed E-state index contributed by atoms with van der Waals surface area (Å²) in [5, 5.41) is 26.0. The van der Waals surface area contributed by atoms with E-state index in [4.69, 9.17) is 41.0 Å². The zero-order chi connectivity index (χ0) is 40.6. The van der Waals surface area contributed by atoms with E-state index in [2.05, 4.69) is 5.32 Å². The molecule has 3 heterocycles. The Morgan fingerprint density at radius 1 is 1.24 bits per heavy atom. The molecule has 5 N–H and O–H groups in total. The SMILES string of the molecule is COc1cc2cc(c1Cl)N(C)C(=O)C[C@H](OC(O)[C@H](C)N(C)C(=O)c1ccc(F)c(N)c1)[C@]1(C)O[C@H]1[C@H](C)[C@@H]1C[C@@](O)(NC(=O)O1)[C@H](OC)/C=C/C=C(\C)C2. The molecular weight excluding hydrogens is 739 g/mol. The maximum absolute atomic E-state index is 14.2. The van der Waals surface area contributed by atoms with Crippen LogP contribution in [0.15, 0.2) is 54.1 Å². The molecule has 3 amide bonds. The van der Waals surface area contributed by atoms with Crippen molar-refractivity contribution in [2.45, 2.75) is 95.0 Å². The highest BCUT2D eigenvalue weighted by molar-refractivity contribution is 6.35. The van der Waals surface area contributed by atoms with Gasteiger partial charge in [0.2, 0.25) is 5.91 Å². The third-order valence-corrected chi connectivity index (χ3v) is 11.2. The number of aliphatic hydroxyl groups is 2. The number of nitrogen functional groups attached to an aromatic ring is 1. The number of halogens is 2. The molecule has 1 unspecified atom stereocenters. The van der Waals surface area contributed by atoms with Gasteiger partial charge in [-0.05, 0) is 63.1 Å². The van der Waals surface area contributed by atoms with E-state index in [1.54, 1.807) is 52.1 Å². The van der Waals surface area contributed by atoms with Crippen LogP contribution in [0.1, 0.15) is 56.5 Å². The van der Waals surface area contributed by atoms with E-state index in [9.17, 15) is 29.0 Å². The highest BCUT2D eigenvalue weighted by Gasteiger charge is 2.64. The molecule has 16 heteroatoms. The van der Waals surface area contributed by atoms with Gasteiger partial charge in [0.1, 0.15) is 40.5 Å². The number of ether oxygens (including phenoxy) is 5. The third kappa shape index (κ3) is 8.77. The number of methoxy groups -OCH3 is 2. The number of hydrogen-bond acceptors (Lipinski definition) is 11. The third-order valence-electron chi connectivity index (χ3n) is 10.8. The Kier molecular flexibility index (Phi) is 12.5. The molecule has 0 saturated carbocycles. The molecule has 0 spiro atoms. The lowest BCUT2D eigenvalue weighted by Gasteiger charge is -2.42. The van der Waals surface area contributed by atoms with Gasteiger partial charge in [0, 0.05) is 39.1 Å². The first-order valence-electron chi connectivity index (χ1n) is 17.9. The van der Waals surface area contributed by atoms with Gasteiger partial charge >= 0.3 is 6.09 Å². The van der Waals surface area contributed by atoms with Crippen molar-refractivity contribution in [2.24, 2.45) is 5.92 Å². The molecular formula is C39H50ClFN4O10. The molecule has 300 valence electrons. The van der Waals surface area contributed by atoms with Crippen LogP contribution in [-0.4, -0.2) is 109 Å². The summed E-state index contributed by atoms with van der Waals surface area (Å²) in [5.41, 5.74) is 4.57. The lowest BCUT2D eigenvalue weighted by molar-refractivity contribution is -0.179. The number of nitrogens with one attached hydrogen (secondary N) is 1. The molecule has 2 aromatic carbocycles. The van der Waals surface area contributed by atoms with Crippen molar-refractivity contribution >= 4 is 40.9 Å². The second-order valence-corrected chi connectivity index (χ2v) is 15.1. The lowest BCUT2D eigenvalue weighted by Crippen LogP contribution is -2.63. The molecule has 2 fully saturated rings. The number of carbonyl (C=O) groups excluding carboxylic acids is 3. The van der Waals surface area contributed by atoms with E-state index in [1.165, 1.54) is 43.2 Å². The van der Waals surface area contributed by atoms with Crippen molar-refractivity contribution in [1.29, 1.82) is 0 Å². The Morgan fingerprint density at radius 3 is 2.60 bits per heavy atom. The first-order valence-corrected chi connectivity index (χ1v) is 18.3. The van der Waals surface area contributed by atoms with Crippen LogP contribution in [0, 0.1) is 11.7 Å². The topological polar surface area (TPSA) is 186 Å². The van der Waals surface area contributed by atoms with E-state index in [-0.39, 0.29) is 29.1 Å². The van der Waals surface area contributed by atoms with Crippen molar-refractivity contribution in [3.8, 4) is 5.75 Å². The van der Waals surface area contributed by atoms with Gasteiger partial charge in [0.15, 0.2) is 12.0 Å². The van der Waals surface area contributed by atoms with Crippen LogP contribution >= 0.6 is 11.6 Å². The first kappa shape index (κ1) is 41.9. The van der Waals surface area contributed by atoms with Gasteiger partial charge in [-0.1, -0.05) is 42.3 Å². The number of benzene rings is 2. The summed E-state index contributed by atoms with van der Waals surface area (Å²) in [6.45, 7) is 6.96. The molecule has 55 heavy (non-hydrogen) atoms. The number of likely N-dealkylation sites (N-methyl/N-ethyl adjacent to an activating group) is 1. The Bertz CT molecular complexity index is 1860. The summed E-state index contributed by atoms with van der Waals surface area (Å²) in [7, 11) is 5.90.